The zero-order valence-electron chi connectivity index (χ0n) is 11.1. The molecule has 3 heteroatoms. The summed E-state index contributed by atoms with van der Waals surface area (Å²) in [5, 5.41) is 13.8. The predicted molar refractivity (Wildman–Crippen MR) is 73.4 cm³/mol. The number of hydrogen-bond donors (Lipinski definition) is 0. The SMILES string of the molecule is Cn1cc(CCC2(C#N)Cc3ccccc3C2)cn1. The third-order valence-electron chi connectivity index (χ3n) is 4.06. The lowest BCUT2D eigenvalue weighted by Crippen LogP contribution is -2.19. The van der Waals surface area contributed by atoms with Crippen molar-refractivity contribution in [3.8, 4) is 6.07 Å². The van der Waals surface area contributed by atoms with E-state index in [9.17, 15) is 5.26 Å². The van der Waals surface area contributed by atoms with E-state index >= 15 is 0 Å². The van der Waals surface area contributed by atoms with Crippen LogP contribution in [0.5, 0.6) is 0 Å². The van der Waals surface area contributed by atoms with Crippen molar-refractivity contribution in [3.05, 3.63) is 53.3 Å². The predicted octanol–water partition coefficient (Wildman–Crippen LogP) is 2.66. The molecule has 3 nitrogen and oxygen atoms in total. The number of benzene rings is 1. The van der Waals surface area contributed by atoms with Gasteiger partial charge in [0.2, 0.25) is 0 Å². The van der Waals surface area contributed by atoms with Crippen LogP contribution in [0, 0.1) is 16.7 Å². The molecular weight excluding hydrogens is 234 g/mol. The maximum absolute atomic E-state index is 9.60. The van der Waals surface area contributed by atoms with Crippen LogP contribution in [0.3, 0.4) is 0 Å². The zero-order chi connectivity index (χ0) is 13.3. The number of nitriles is 1. The van der Waals surface area contributed by atoms with Gasteiger partial charge in [-0.2, -0.15) is 10.4 Å². The molecule has 1 heterocycles. The Kier molecular flexibility index (Phi) is 2.87. The number of aryl methyl sites for hydroxylation is 2. The average Bonchev–Trinajstić information content (AvgIpc) is 3.00. The summed E-state index contributed by atoms with van der Waals surface area (Å²) in [5.41, 5.74) is 3.68. The first-order valence-electron chi connectivity index (χ1n) is 6.66. The molecule has 0 unspecified atom stereocenters. The number of aromatic nitrogens is 2. The molecule has 2 aromatic rings. The van der Waals surface area contributed by atoms with E-state index in [2.05, 4.69) is 35.4 Å². The molecular formula is C16H17N3. The third kappa shape index (κ3) is 2.26. The Balaban J connectivity index is 1.74. The van der Waals surface area contributed by atoms with E-state index in [1.54, 1.807) is 0 Å². The maximum Gasteiger partial charge on any atom is 0.0696 e. The van der Waals surface area contributed by atoms with Gasteiger partial charge in [-0.3, -0.25) is 4.68 Å². The van der Waals surface area contributed by atoms with Crippen LogP contribution in [0.15, 0.2) is 36.7 Å². The van der Waals surface area contributed by atoms with Crippen molar-refractivity contribution in [1.82, 2.24) is 9.78 Å². The topological polar surface area (TPSA) is 41.6 Å². The van der Waals surface area contributed by atoms with Gasteiger partial charge in [0.15, 0.2) is 0 Å². The molecule has 0 saturated carbocycles. The minimum atomic E-state index is -0.223. The van der Waals surface area contributed by atoms with Gasteiger partial charge >= 0.3 is 0 Å². The molecule has 0 N–H and O–H groups in total. The van der Waals surface area contributed by atoms with Gasteiger partial charge in [0, 0.05) is 13.2 Å². The summed E-state index contributed by atoms with van der Waals surface area (Å²) < 4.78 is 1.82. The third-order valence-corrected chi connectivity index (χ3v) is 4.06. The second kappa shape index (κ2) is 4.55. The highest BCUT2D eigenvalue weighted by Crippen LogP contribution is 2.39. The minimum Gasteiger partial charge on any atom is -0.276 e. The van der Waals surface area contributed by atoms with E-state index in [4.69, 9.17) is 0 Å². The van der Waals surface area contributed by atoms with Crippen molar-refractivity contribution in [2.45, 2.75) is 25.7 Å². The first-order chi connectivity index (χ1) is 9.21. The standard InChI is InChI=1S/C16H17N3/c1-19-11-13(10-18-19)6-7-16(12-17)8-14-4-2-3-5-15(14)9-16/h2-5,10-11H,6-9H2,1H3. The molecule has 0 amide bonds. The van der Waals surface area contributed by atoms with Crippen molar-refractivity contribution in [1.29, 1.82) is 5.26 Å². The number of hydrogen-bond acceptors (Lipinski definition) is 2. The van der Waals surface area contributed by atoms with E-state index < -0.39 is 0 Å². The Bertz CT molecular complexity index is 608. The van der Waals surface area contributed by atoms with Gasteiger partial charge in [-0.25, -0.2) is 0 Å². The molecule has 1 aliphatic rings. The van der Waals surface area contributed by atoms with E-state index in [-0.39, 0.29) is 5.41 Å². The molecule has 1 aliphatic carbocycles. The molecule has 0 aliphatic heterocycles. The summed E-state index contributed by atoms with van der Waals surface area (Å²) >= 11 is 0. The normalized spacial score (nSPS) is 16.0. The largest absolute Gasteiger partial charge is 0.276 e. The van der Waals surface area contributed by atoms with Gasteiger partial charge < -0.3 is 0 Å². The van der Waals surface area contributed by atoms with Crippen LogP contribution < -0.4 is 0 Å². The lowest BCUT2D eigenvalue weighted by molar-refractivity contribution is 0.386. The Morgan fingerprint density at radius 3 is 2.53 bits per heavy atom. The lowest BCUT2D eigenvalue weighted by Gasteiger charge is -2.19. The van der Waals surface area contributed by atoms with Crippen LogP contribution in [0.2, 0.25) is 0 Å². The Labute approximate surface area is 113 Å². The van der Waals surface area contributed by atoms with Gasteiger partial charge in [0.05, 0.1) is 17.7 Å². The van der Waals surface area contributed by atoms with Gasteiger partial charge in [-0.1, -0.05) is 24.3 Å². The number of rotatable bonds is 3. The second-order valence-electron chi connectivity index (χ2n) is 5.54. The summed E-state index contributed by atoms with van der Waals surface area (Å²) in [7, 11) is 1.93. The maximum atomic E-state index is 9.60. The highest BCUT2D eigenvalue weighted by molar-refractivity contribution is 5.37. The highest BCUT2D eigenvalue weighted by atomic mass is 15.2. The smallest absolute Gasteiger partial charge is 0.0696 e. The first-order valence-corrected chi connectivity index (χ1v) is 6.66. The Morgan fingerprint density at radius 1 is 1.32 bits per heavy atom. The summed E-state index contributed by atoms with van der Waals surface area (Å²) in [6.07, 6.45) is 7.54. The fraction of sp³-hybridized carbons (Fsp3) is 0.375. The van der Waals surface area contributed by atoms with Crippen molar-refractivity contribution in [3.63, 3.8) is 0 Å². The van der Waals surface area contributed by atoms with Gasteiger partial charge in [-0.15, -0.1) is 0 Å². The van der Waals surface area contributed by atoms with Crippen molar-refractivity contribution in [2.75, 3.05) is 0 Å². The molecule has 1 aromatic heterocycles. The Morgan fingerprint density at radius 2 is 2.00 bits per heavy atom. The lowest BCUT2D eigenvalue weighted by atomic mass is 9.81. The molecule has 0 saturated heterocycles. The fourth-order valence-corrected chi connectivity index (χ4v) is 2.99. The fourth-order valence-electron chi connectivity index (χ4n) is 2.99. The van der Waals surface area contributed by atoms with Crippen LogP contribution in [-0.2, 0) is 26.3 Å². The zero-order valence-corrected chi connectivity index (χ0v) is 11.1. The molecule has 0 atom stereocenters. The van der Waals surface area contributed by atoms with Crippen LogP contribution in [0.25, 0.3) is 0 Å². The molecule has 3 rings (SSSR count). The second-order valence-corrected chi connectivity index (χ2v) is 5.54. The van der Waals surface area contributed by atoms with Crippen LogP contribution in [0.4, 0.5) is 0 Å². The molecule has 0 bridgehead atoms. The molecule has 0 radical (unpaired) electrons. The monoisotopic (exact) mass is 251 g/mol. The van der Waals surface area contributed by atoms with Gasteiger partial charge in [0.1, 0.15) is 0 Å². The highest BCUT2D eigenvalue weighted by Gasteiger charge is 2.36. The van der Waals surface area contributed by atoms with Gasteiger partial charge in [-0.05, 0) is 42.4 Å². The summed E-state index contributed by atoms with van der Waals surface area (Å²) in [5.74, 6) is 0. The number of nitrogens with zero attached hydrogens (tertiary/aromatic N) is 3. The van der Waals surface area contributed by atoms with E-state index in [0.717, 1.165) is 25.7 Å². The molecule has 0 spiro atoms. The van der Waals surface area contributed by atoms with Crippen molar-refractivity contribution < 1.29 is 0 Å². The number of fused-ring (bicyclic) bond motifs is 1. The van der Waals surface area contributed by atoms with Crippen molar-refractivity contribution in [2.24, 2.45) is 12.5 Å². The Hall–Kier alpha value is -2.08. The van der Waals surface area contributed by atoms with Crippen LogP contribution in [0.1, 0.15) is 23.1 Å². The van der Waals surface area contributed by atoms with E-state index in [0.29, 0.717) is 0 Å². The molecule has 0 fully saturated rings. The van der Waals surface area contributed by atoms with Gasteiger partial charge in [0.25, 0.3) is 0 Å². The van der Waals surface area contributed by atoms with E-state index in [1.807, 2.05) is 24.1 Å². The molecule has 19 heavy (non-hydrogen) atoms. The van der Waals surface area contributed by atoms with E-state index in [1.165, 1.54) is 16.7 Å². The summed E-state index contributed by atoms with van der Waals surface area (Å²) in [4.78, 5) is 0. The van der Waals surface area contributed by atoms with Crippen LogP contribution in [-0.4, -0.2) is 9.78 Å². The van der Waals surface area contributed by atoms with Crippen LogP contribution >= 0.6 is 0 Å². The summed E-state index contributed by atoms with van der Waals surface area (Å²) in [6, 6.07) is 11.0. The average molecular weight is 251 g/mol. The molecule has 96 valence electrons. The molecule has 1 aromatic carbocycles. The quantitative estimate of drug-likeness (QED) is 0.841. The first kappa shape index (κ1) is 12.0. The van der Waals surface area contributed by atoms with Crippen molar-refractivity contribution >= 4 is 0 Å². The summed E-state index contributed by atoms with van der Waals surface area (Å²) in [6.45, 7) is 0. The minimum absolute atomic E-state index is 0.223.